The van der Waals surface area contributed by atoms with Crippen LogP contribution in [0.1, 0.15) is 34.1 Å². The number of anilines is 1. The number of aryl methyl sites for hydroxylation is 1. The van der Waals surface area contributed by atoms with Crippen molar-refractivity contribution in [3.05, 3.63) is 53.0 Å². The number of rotatable bonds is 4. The number of carbonyl (C=O) groups excluding carboxylic acids is 1. The molecule has 114 valence electrons. The van der Waals surface area contributed by atoms with Crippen LogP contribution in [0.3, 0.4) is 0 Å². The van der Waals surface area contributed by atoms with Crippen molar-refractivity contribution in [3.63, 3.8) is 0 Å². The highest BCUT2D eigenvalue weighted by Gasteiger charge is 2.10. The van der Waals surface area contributed by atoms with Crippen molar-refractivity contribution >= 4 is 23.7 Å². The summed E-state index contributed by atoms with van der Waals surface area (Å²) in [7, 11) is 0. The Labute approximate surface area is 127 Å². The third-order valence-corrected chi connectivity index (χ3v) is 2.98. The summed E-state index contributed by atoms with van der Waals surface area (Å²) in [4.78, 5) is 19.6. The smallest absolute Gasteiger partial charge is 0.339 e. The molecule has 0 aliphatic heterocycles. The number of nitrogen functional groups attached to an aromatic ring is 1. The van der Waals surface area contributed by atoms with E-state index in [1.807, 2.05) is 0 Å². The van der Waals surface area contributed by atoms with Gasteiger partial charge < -0.3 is 10.5 Å². The number of hydrogen-bond donors (Lipinski definition) is 1. The lowest BCUT2D eigenvalue weighted by Crippen LogP contribution is -2.06. The Hall–Kier alpha value is -2.76. The van der Waals surface area contributed by atoms with E-state index in [9.17, 15) is 9.18 Å². The third-order valence-electron chi connectivity index (χ3n) is 2.98. The van der Waals surface area contributed by atoms with Gasteiger partial charge in [0.05, 0.1) is 12.2 Å². The molecule has 2 aromatic rings. The molecular formula is C16H16FN3O2. The summed E-state index contributed by atoms with van der Waals surface area (Å²) in [5, 5.41) is 0. The first kappa shape index (κ1) is 15.6. The maximum absolute atomic E-state index is 14.2. The Morgan fingerprint density at radius 2 is 2.05 bits per heavy atom. The summed E-state index contributed by atoms with van der Waals surface area (Å²) >= 11 is 0. The zero-order valence-corrected chi connectivity index (χ0v) is 12.3. The van der Waals surface area contributed by atoms with Crippen LogP contribution in [-0.2, 0) is 4.74 Å². The number of hydrogen-bond acceptors (Lipinski definition) is 5. The zero-order valence-electron chi connectivity index (χ0n) is 12.3. The van der Waals surface area contributed by atoms with Gasteiger partial charge in [0.2, 0.25) is 0 Å². The fraction of sp³-hybridized carbons (Fsp3) is 0.188. The van der Waals surface area contributed by atoms with Gasteiger partial charge in [-0.1, -0.05) is 0 Å². The quantitative estimate of drug-likeness (QED) is 0.878. The molecule has 0 aromatic carbocycles. The number of aromatic nitrogens is 2. The Morgan fingerprint density at radius 1 is 1.32 bits per heavy atom. The molecule has 0 fully saturated rings. The minimum atomic E-state index is -0.488. The van der Waals surface area contributed by atoms with Crippen molar-refractivity contribution in [1.82, 2.24) is 9.97 Å². The first-order valence-corrected chi connectivity index (χ1v) is 6.74. The molecule has 6 heteroatoms. The van der Waals surface area contributed by atoms with Gasteiger partial charge in [0.1, 0.15) is 11.6 Å². The van der Waals surface area contributed by atoms with E-state index in [0.717, 1.165) is 0 Å². The molecule has 5 nitrogen and oxygen atoms in total. The standard InChI is InChI=1S/C16H16FN3O2/c1-3-22-16(21)13-6-12(10(2)19-9-13)7-14(17)11-4-5-15(18)20-8-11/h4-9H,3H2,1-2H3,(H2,18,20)/b14-7-. The van der Waals surface area contributed by atoms with Crippen molar-refractivity contribution in [2.24, 2.45) is 0 Å². The monoisotopic (exact) mass is 301 g/mol. The molecule has 0 unspecified atom stereocenters. The molecule has 22 heavy (non-hydrogen) atoms. The summed E-state index contributed by atoms with van der Waals surface area (Å²) in [5.41, 5.74) is 7.15. The van der Waals surface area contributed by atoms with Gasteiger partial charge in [-0.25, -0.2) is 14.2 Å². The van der Waals surface area contributed by atoms with E-state index in [2.05, 4.69) is 9.97 Å². The highest BCUT2D eigenvalue weighted by atomic mass is 19.1. The fourth-order valence-electron chi connectivity index (χ4n) is 1.79. The number of carbonyl (C=O) groups is 1. The van der Waals surface area contributed by atoms with Gasteiger partial charge in [-0.2, -0.15) is 0 Å². The van der Waals surface area contributed by atoms with E-state index >= 15 is 0 Å². The van der Waals surface area contributed by atoms with Gasteiger partial charge in [0.15, 0.2) is 0 Å². The number of halogens is 1. The second-order valence-electron chi connectivity index (χ2n) is 4.58. The molecule has 0 aliphatic rings. The van der Waals surface area contributed by atoms with E-state index in [0.29, 0.717) is 22.6 Å². The first-order valence-electron chi connectivity index (χ1n) is 6.74. The summed E-state index contributed by atoms with van der Waals surface area (Å²) < 4.78 is 19.2. The van der Waals surface area contributed by atoms with E-state index < -0.39 is 11.8 Å². The molecule has 2 heterocycles. The number of nitrogens with two attached hydrogens (primary N) is 1. The van der Waals surface area contributed by atoms with Gasteiger partial charge in [-0.3, -0.25) is 4.98 Å². The average molecular weight is 301 g/mol. The van der Waals surface area contributed by atoms with Crippen molar-refractivity contribution in [3.8, 4) is 0 Å². The molecule has 2 aromatic heterocycles. The van der Waals surface area contributed by atoms with Gasteiger partial charge >= 0.3 is 5.97 Å². The van der Waals surface area contributed by atoms with Crippen molar-refractivity contribution in [1.29, 1.82) is 0 Å². The predicted molar refractivity (Wildman–Crippen MR) is 82.6 cm³/mol. The largest absolute Gasteiger partial charge is 0.462 e. The Kier molecular flexibility index (Phi) is 4.83. The van der Waals surface area contributed by atoms with Gasteiger partial charge in [-0.05, 0) is 43.7 Å². The van der Waals surface area contributed by atoms with Crippen LogP contribution in [0.4, 0.5) is 10.2 Å². The molecule has 0 aliphatic carbocycles. The van der Waals surface area contributed by atoms with Crippen LogP contribution in [-0.4, -0.2) is 22.5 Å². The molecule has 0 saturated heterocycles. The van der Waals surface area contributed by atoms with Crippen molar-refractivity contribution < 1.29 is 13.9 Å². The second-order valence-corrected chi connectivity index (χ2v) is 4.58. The summed E-state index contributed by atoms with van der Waals surface area (Å²) in [5.74, 6) is -0.656. The molecule has 0 saturated carbocycles. The van der Waals surface area contributed by atoms with E-state index in [-0.39, 0.29) is 12.2 Å². The van der Waals surface area contributed by atoms with Gasteiger partial charge in [0.25, 0.3) is 0 Å². The maximum Gasteiger partial charge on any atom is 0.339 e. The Morgan fingerprint density at radius 3 is 2.68 bits per heavy atom. The zero-order chi connectivity index (χ0) is 16.1. The minimum absolute atomic E-state index is 0.267. The first-order chi connectivity index (χ1) is 10.5. The van der Waals surface area contributed by atoms with Crippen LogP contribution >= 0.6 is 0 Å². The molecule has 0 atom stereocenters. The van der Waals surface area contributed by atoms with Crippen LogP contribution in [0.15, 0.2) is 30.6 Å². The molecular weight excluding hydrogens is 285 g/mol. The number of pyridine rings is 2. The Balaban J connectivity index is 2.35. The fourth-order valence-corrected chi connectivity index (χ4v) is 1.79. The van der Waals surface area contributed by atoms with E-state index in [1.54, 1.807) is 19.9 Å². The van der Waals surface area contributed by atoms with Crippen LogP contribution in [0, 0.1) is 6.92 Å². The Bertz CT molecular complexity index is 712. The predicted octanol–water partition coefficient (Wildman–Crippen LogP) is 3.01. The normalized spacial score (nSPS) is 11.3. The molecule has 0 spiro atoms. The second kappa shape index (κ2) is 6.80. The van der Waals surface area contributed by atoms with Crippen LogP contribution in [0.25, 0.3) is 11.9 Å². The summed E-state index contributed by atoms with van der Waals surface area (Å²) in [6.45, 7) is 3.72. The maximum atomic E-state index is 14.2. The SMILES string of the molecule is CCOC(=O)c1cnc(C)c(/C=C(\F)c2ccc(N)nc2)c1. The van der Waals surface area contributed by atoms with Crippen LogP contribution in [0.5, 0.6) is 0 Å². The lowest BCUT2D eigenvalue weighted by Gasteiger charge is -2.05. The topological polar surface area (TPSA) is 78.1 Å². The highest BCUT2D eigenvalue weighted by Crippen LogP contribution is 2.21. The molecule has 0 bridgehead atoms. The summed E-state index contributed by atoms with van der Waals surface area (Å²) in [6.07, 6.45) is 4.06. The average Bonchev–Trinajstić information content (AvgIpc) is 2.50. The van der Waals surface area contributed by atoms with Crippen molar-refractivity contribution in [2.75, 3.05) is 12.3 Å². The lowest BCUT2D eigenvalue weighted by atomic mass is 10.1. The number of nitrogens with zero attached hydrogens (tertiary/aromatic N) is 2. The van der Waals surface area contributed by atoms with E-state index in [1.165, 1.54) is 30.6 Å². The van der Waals surface area contributed by atoms with Gasteiger partial charge in [-0.15, -0.1) is 0 Å². The van der Waals surface area contributed by atoms with Gasteiger partial charge in [0, 0.05) is 23.7 Å². The number of ether oxygens (including phenoxy) is 1. The molecule has 2 N–H and O–H groups in total. The minimum Gasteiger partial charge on any atom is -0.462 e. The number of esters is 1. The van der Waals surface area contributed by atoms with Crippen molar-refractivity contribution in [2.45, 2.75) is 13.8 Å². The van der Waals surface area contributed by atoms with Crippen LogP contribution in [0.2, 0.25) is 0 Å². The lowest BCUT2D eigenvalue weighted by molar-refractivity contribution is 0.0526. The molecule has 2 rings (SSSR count). The molecule has 0 radical (unpaired) electrons. The van der Waals surface area contributed by atoms with E-state index in [4.69, 9.17) is 10.5 Å². The van der Waals surface area contributed by atoms with Crippen LogP contribution < -0.4 is 5.73 Å². The highest BCUT2D eigenvalue weighted by molar-refractivity contribution is 5.90. The molecule has 0 amide bonds. The third kappa shape index (κ3) is 3.66. The summed E-state index contributed by atoms with van der Waals surface area (Å²) in [6, 6.07) is 4.60.